The first-order valence-corrected chi connectivity index (χ1v) is 6.41. The van der Waals surface area contributed by atoms with Crippen molar-refractivity contribution in [3.8, 4) is 5.95 Å². The monoisotopic (exact) mass is 278 g/mol. The molecular weight excluding hydrogens is 260 g/mol. The second kappa shape index (κ2) is 7.36. The first-order valence-electron chi connectivity index (χ1n) is 6.41. The molecule has 2 aromatic rings. The Balaban J connectivity index is 2.03. The summed E-state index contributed by atoms with van der Waals surface area (Å²) in [6.45, 7) is 0.934. The largest absolute Gasteiger partial charge is 0.396 e. The lowest BCUT2D eigenvalue weighted by molar-refractivity contribution is 0.283. The van der Waals surface area contributed by atoms with Crippen molar-refractivity contribution < 1.29 is 5.11 Å². The van der Waals surface area contributed by atoms with E-state index in [1.54, 1.807) is 18.5 Å². The number of aromatic nitrogens is 5. The van der Waals surface area contributed by atoms with Gasteiger partial charge in [-0.25, -0.2) is 10.5 Å². The van der Waals surface area contributed by atoms with Crippen LogP contribution in [0.25, 0.3) is 5.95 Å². The van der Waals surface area contributed by atoms with Crippen molar-refractivity contribution in [2.75, 3.05) is 23.9 Å². The molecular formula is C11H18N8O. The van der Waals surface area contributed by atoms with Crippen molar-refractivity contribution >= 4 is 11.9 Å². The first-order chi connectivity index (χ1) is 9.83. The van der Waals surface area contributed by atoms with Crippen LogP contribution in [-0.4, -0.2) is 43.0 Å². The highest BCUT2D eigenvalue weighted by Crippen LogP contribution is 2.08. The molecule has 20 heavy (non-hydrogen) atoms. The van der Waals surface area contributed by atoms with Crippen molar-refractivity contribution in [3.63, 3.8) is 0 Å². The summed E-state index contributed by atoms with van der Waals surface area (Å²) in [5.41, 5.74) is 2.40. The molecule has 0 saturated heterocycles. The Hall–Kier alpha value is -2.26. The number of aliphatic hydroxyl groups is 1. The summed E-state index contributed by atoms with van der Waals surface area (Å²) >= 11 is 0. The van der Waals surface area contributed by atoms with Crippen LogP contribution in [0.2, 0.25) is 0 Å². The van der Waals surface area contributed by atoms with Gasteiger partial charge in [-0.1, -0.05) is 0 Å². The number of hydrogen-bond acceptors (Lipinski definition) is 8. The molecule has 0 bridgehead atoms. The number of nitrogens with zero attached hydrogens (tertiary/aromatic N) is 5. The van der Waals surface area contributed by atoms with Gasteiger partial charge in [-0.3, -0.25) is 5.43 Å². The predicted molar refractivity (Wildman–Crippen MR) is 74.2 cm³/mol. The predicted octanol–water partition coefficient (Wildman–Crippen LogP) is -0.0826. The maximum absolute atomic E-state index is 8.71. The molecule has 0 fully saturated rings. The van der Waals surface area contributed by atoms with Crippen LogP contribution in [0.5, 0.6) is 0 Å². The Morgan fingerprint density at radius 2 is 2.00 bits per heavy atom. The smallest absolute Gasteiger partial charge is 0.257 e. The van der Waals surface area contributed by atoms with E-state index < -0.39 is 0 Å². The normalized spacial score (nSPS) is 10.5. The van der Waals surface area contributed by atoms with Crippen molar-refractivity contribution in [1.29, 1.82) is 0 Å². The quantitative estimate of drug-likeness (QED) is 0.300. The Bertz CT molecular complexity index is 515. The SMILES string of the molecule is NNc1nc(NCCCCCO)nc(-n2cccn2)n1. The van der Waals surface area contributed by atoms with Crippen LogP contribution in [0.4, 0.5) is 11.9 Å². The second-order valence-corrected chi connectivity index (χ2v) is 4.09. The minimum absolute atomic E-state index is 0.219. The number of rotatable bonds is 8. The lowest BCUT2D eigenvalue weighted by Gasteiger charge is -2.08. The second-order valence-electron chi connectivity index (χ2n) is 4.09. The van der Waals surface area contributed by atoms with Gasteiger partial charge in [0.2, 0.25) is 11.9 Å². The minimum atomic E-state index is 0.219. The number of anilines is 2. The minimum Gasteiger partial charge on any atom is -0.396 e. The summed E-state index contributed by atoms with van der Waals surface area (Å²) < 4.78 is 1.53. The number of nitrogens with one attached hydrogen (secondary N) is 2. The first kappa shape index (κ1) is 14.2. The third-order valence-corrected chi connectivity index (χ3v) is 2.58. The van der Waals surface area contributed by atoms with E-state index in [9.17, 15) is 0 Å². The van der Waals surface area contributed by atoms with Gasteiger partial charge in [-0.05, 0) is 25.3 Å². The summed E-state index contributed by atoms with van der Waals surface area (Å²) in [7, 11) is 0. The van der Waals surface area contributed by atoms with Crippen LogP contribution < -0.4 is 16.6 Å². The molecule has 2 rings (SSSR count). The van der Waals surface area contributed by atoms with E-state index in [4.69, 9.17) is 10.9 Å². The molecule has 9 heteroatoms. The fourth-order valence-corrected chi connectivity index (χ4v) is 1.61. The highest BCUT2D eigenvalue weighted by Gasteiger charge is 2.07. The molecule has 0 unspecified atom stereocenters. The fraction of sp³-hybridized carbons (Fsp3) is 0.455. The van der Waals surface area contributed by atoms with Crippen molar-refractivity contribution in [2.45, 2.75) is 19.3 Å². The standard InChI is InChI=1S/C11H18N8O/c12-18-10-15-9(13-5-2-1-3-8-20)16-11(17-10)19-7-4-6-14-19/h4,6-7,20H,1-3,5,8,12H2,(H2,13,15,16,17,18). The van der Waals surface area contributed by atoms with Gasteiger partial charge in [0.1, 0.15) is 0 Å². The van der Waals surface area contributed by atoms with E-state index in [2.05, 4.69) is 30.8 Å². The molecule has 2 aromatic heterocycles. The number of hydrazine groups is 1. The van der Waals surface area contributed by atoms with Gasteiger partial charge in [0.05, 0.1) is 0 Å². The van der Waals surface area contributed by atoms with E-state index in [0.29, 0.717) is 18.4 Å². The fourth-order valence-electron chi connectivity index (χ4n) is 1.61. The average molecular weight is 278 g/mol. The summed E-state index contributed by atoms with van der Waals surface area (Å²) in [5, 5.41) is 15.9. The zero-order valence-corrected chi connectivity index (χ0v) is 11.0. The molecule has 108 valence electrons. The Kier molecular flexibility index (Phi) is 5.21. The lowest BCUT2D eigenvalue weighted by Crippen LogP contribution is -2.16. The summed E-state index contributed by atoms with van der Waals surface area (Å²) in [4.78, 5) is 12.5. The molecule has 0 radical (unpaired) electrons. The van der Waals surface area contributed by atoms with Crippen molar-refractivity contribution in [3.05, 3.63) is 18.5 Å². The van der Waals surface area contributed by atoms with Crippen LogP contribution in [0.3, 0.4) is 0 Å². The van der Waals surface area contributed by atoms with Crippen LogP contribution in [0.1, 0.15) is 19.3 Å². The number of aliphatic hydroxyl groups excluding tert-OH is 1. The number of unbranched alkanes of at least 4 members (excludes halogenated alkanes) is 2. The average Bonchev–Trinajstić information content (AvgIpc) is 3.01. The van der Waals surface area contributed by atoms with Gasteiger partial charge in [0, 0.05) is 25.5 Å². The van der Waals surface area contributed by atoms with E-state index in [-0.39, 0.29) is 12.6 Å². The third-order valence-electron chi connectivity index (χ3n) is 2.58. The Labute approximate surface area is 116 Å². The maximum atomic E-state index is 8.71. The summed E-state index contributed by atoms with van der Waals surface area (Å²) in [6.07, 6.45) is 6.05. The van der Waals surface area contributed by atoms with Crippen LogP contribution in [-0.2, 0) is 0 Å². The zero-order valence-electron chi connectivity index (χ0n) is 11.0. The molecule has 5 N–H and O–H groups in total. The topological polar surface area (TPSA) is 127 Å². The van der Waals surface area contributed by atoms with Gasteiger partial charge in [0.15, 0.2) is 0 Å². The van der Waals surface area contributed by atoms with Crippen molar-refractivity contribution in [1.82, 2.24) is 24.7 Å². The Morgan fingerprint density at radius 3 is 2.70 bits per heavy atom. The molecule has 0 amide bonds. The van der Waals surface area contributed by atoms with Gasteiger partial charge in [-0.15, -0.1) is 0 Å². The molecule has 9 nitrogen and oxygen atoms in total. The summed E-state index contributed by atoms with van der Waals surface area (Å²) in [6, 6.07) is 1.78. The lowest BCUT2D eigenvalue weighted by atomic mass is 10.2. The molecule has 0 aromatic carbocycles. The number of nitrogens with two attached hydrogens (primary N) is 1. The molecule has 0 atom stereocenters. The third kappa shape index (κ3) is 3.87. The summed E-state index contributed by atoms with van der Waals surface area (Å²) in [5.74, 6) is 6.43. The molecule has 0 spiro atoms. The van der Waals surface area contributed by atoms with Crippen LogP contribution in [0, 0.1) is 0 Å². The van der Waals surface area contributed by atoms with Gasteiger partial charge < -0.3 is 10.4 Å². The van der Waals surface area contributed by atoms with E-state index in [1.807, 2.05) is 0 Å². The molecule has 2 heterocycles. The van der Waals surface area contributed by atoms with E-state index >= 15 is 0 Å². The number of hydrogen-bond donors (Lipinski definition) is 4. The number of nitrogen functional groups attached to an aromatic ring is 1. The molecule has 0 aliphatic rings. The zero-order chi connectivity index (χ0) is 14.2. The highest BCUT2D eigenvalue weighted by atomic mass is 16.2. The van der Waals surface area contributed by atoms with Gasteiger partial charge in [-0.2, -0.15) is 20.1 Å². The molecule has 0 aliphatic heterocycles. The Morgan fingerprint density at radius 1 is 1.15 bits per heavy atom. The van der Waals surface area contributed by atoms with Gasteiger partial charge in [0.25, 0.3) is 5.95 Å². The van der Waals surface area contributed by atoms with Gasteiger partial charge >= 0.3 is 0 Å². The molecule has 0 saturated carbocycles. The van der Waals surface area contributed by atoms with E-state index in [1.165, 1.54) is 4.68 Å². The van der Waals surface area contributed by atoms with Crippen molar-refractivity contribution in [2.24, 2.45) is 5.84 Å². The van der Waals surface area contributed by atoms with E-state index in [0.717, 1.165) is 19.3 Å². The highest BCUT2D eigenvalue weighted by molar-refractivity contribution is 5.36. The molecule has 0 aliphatic carbocycles. The van der Waals surface area contributed by atoms with Crippen LogP contribution >= 0.6 is 0 Å². The van der Waals surface area contributed by atoms with Crippen LogP contribution in [0.15, 0.2) is 18.5 Å². The maximum Gasteiger partial charge on any atom is 0.257 e.